The van der Waals surface area contributed by atoms with Crippen molar-refractivity contribution in [2.75, 3.05) is 13.2 Å². The van der Waals surface area contributed by atoms with Crippen molar-refractivity contribution in [3.05, 3.63) is 24.8 Å². The molecule has 0 saturated heterocycles. The number of rotatable bonds is 5. The summed E-state index contributed by atoms with van der Waals surface area (Å²) in [6, 6.07) is 0.609. The highest BCUT2D eigenvalue weighted by atomic mass is 16.5. The lowest BCUT2D eigenvalue weighted by Crippen LogP contribution is -2.60. The third-order valence-electron chi connectivity index (χ3n) is 5.52. The fraction of sp³-hybridized carbons (Fsp3) is 0.688. The van der Waals surface area contributed by atoms with E-state index in [1.807, 2.05) is 0 Å². The quantitative estimate of drug-likeness (QED) is 0.357. The molecular formula is C16H23NO2. The summed E-state index contributed by atoms with van der Waals surface area (Å²) >= 11 is 0. The van der Waals surface area contributed by atoms with E-state index in [0.29, 0.717) is 18.1 Å². The second kappa shape index (κ2) is 4.48. The van der Waals surface area contributed by atoms with Gasteiger partial charge < -0.3 is 10.1 Å². The van der Waals surface area contributed by atoms with Crippen LogP contribution in [0.4, 0.5) is 0 Å². The van der Waals surface area contributed by atoms with Gasteiger partial charge in [0.05, 0.1) is 0 Å². The van der Waals surface area contributed by atoms with Gasteiger partial charge in [0, 0.05) is 18.7 Å². The molecule has 3 fully saturated rings. The molecule has 0 amide bonds. The summed E-state index contributed by atoms with van der Waals surface area (Å²) < 4.78 is 5.01. The lowest BCUT2D eigenvalue weighted by atomic mass is 9.55. The van der Waals surface area contributed by atoms with Crippen LogP contribution in [-0.4, -0.2) is 25.2 Å². The first kappa shape index (κ1) is 12.9. The van der Waals surface area contributed by atoms with Crippen molar-refractivity contribution in [1.29, 1.82) is 0 Å². The predicted octanol–water partition coefficient (Wildman–Crippen LogP) is 2.15. The van der Waals surface area contributed by atoms with Crippen LogP contribution in [0.2, 0.25) is 0 Å². The smallest absolute Gasteiger partial charge is 0.330 e. The van der Waals surface area contributed by atoms with Gasteiger partial charge in [0.1, 0.15) is 6.61 Å². The van der Waals surface area contributed by atoms with E-state index in [2.05, 4.69) is 37.9 Å². The standard InChI is InChI=1S/C16H23NO2/c1-4-12(18)19-9-8-17-15-13-10-6-5-7-11(10)14(15)16(13,2)3/h4-6,10-11,13-15,17H,1,7-9H2,2-3H3. The van der Waals surface area contributed by atoms with Crippen LogP contribution in [0.5, 0.6) is 0 Å². The molecule has 5 atom stereocenters. The van der Waals surface area contributed by atoms with Gasteiger partial charge in [-0.2, -0.15) is 0 Å². The van der Waals surface area contributed by atoms with E-state index in [1.165, 1.54) is 12.5 Å². The summed E-state index contributed by atoms with van der Waals surface area (Å²) in [5.41, 5.74) is 0.468. The predicted molar refractivity (Wildman–Crippen MR) is 74.4 cm³/mol. The Hall–Kier alpha value is -1.09. The first-order valence-corrected chi connectivity index (χ1v) is 7.26. The van der Waals surface area contributed by atoms with Crippen LogP contribution in [0, 0.1) is 29.1 Å². The fourth-order valence-corrected chi connectivity index (χ4v) is 4.96. The minimum absolute atomic E-state index is 0.335. The summed E-state index contributed by atoms with van der Waals surface area (Å²) in [6.07, 6.45) is 7.24. The Morgan fingerprint density at radius 2 is 2.32 bits per heavy atom. The third kappa shape index (κ3) is 1.78. The first-order valence-electron chi connectivity index (χ1n) is 7.26. The van der Waals surface area contributed by atoms with Crippen LogP contribution in [0.25, 0.3) is 0 Å². The summed E-state index contributed by atoms with van der Waals surface area (Å²) in [4.78, 5) is 11.0. The summed E-state index contributed by atoms with van der Waals surface area (Å²) in [6.45, 7) is 9.39. The Kier molecular flexibility index (Phi) is 3.05. The number of ether oxygens (including phenoxy) is 1. The largest absolute Gasteiger partial charge is 0.461 e. The van der Waals surface area contributed by atoms with Crippen LogP contribution in [-0.2, 0) is 9.53 Å². The van der Waals surface area contributed by atoms with E-state index in [9.17, 15) is 4.79 Å². The number of carbonyl (C=O) groups is 1. The van der Waals surface area contributed by atoms with Gasteiger partial charge in [-0.1, -0.05) is 32.6 Å². The highest BCUT2D eigenvalue weighted by molar-refractivity contribution is 5.81. The van der Waals surface area contributed by atoms with Crippen LogP contribution in [0.3, 0.4) is 0 Å². The van der Waals surface area contributed by atoms with Gasteiger partial charge in [0.15, 0.2) is 0 Å². The zero-order chi connectivity index (χ0) is 13.6. The molecule has 4 aliphatic carbocycles. The highest BCUT2D eigenvalue weighted by Gasteiger charge is 2.69. The molecule has 0 aromatic carbocycles. The molecular weight excluding hydrogens is 238 g/mol. The molecule has 5 unspecified atom stereocenters. The monoisotopic (exact) mass is 261 g/mol. The number of hydrogen-bond donors (Lipinski definition) is 1. The van der Waals surface area contributed by atoms with E-state index in [-0.39, 0.29) is 5.97 Å². The van der Waals surface area contributed by atoms with E-state index in [0.717, 1.165) is 30.2 Å². The fourth-order valence-electron chi connectivity index (χ4n) is 4.96. The van der Waals surface area contributed by atoms with Gasteiger partial charge in [0.2, 0.25) is 0 Å². The average molecular weight is 261 g/mol. The Morgan fingerprint density at radius 1 is 1.53 bits per heavy atom. The van der Waals surface area contributed by atoms with Crippen LogP contribution in [0.1, 0.15) is 20.3 Å². The van der Waals surface area contributed by atoms with Crippen molar-refractivity contribution in [2.24, 2.45) is 29.1 Å². The van der Waals surface area contributed by atoms with E-state index >= 15 is 0 Å². The second-order valence-corrected chi connectivity index (χ2v) is 6.63. The lowest BCUT2D eigenvalue weighted by molar-refractivity contribution is -0.137. The number of hydrogen-bond acceptors (Lipinski definition) is 3. The van der Waals surface area contributed by atoms with E-state index in [4.69, 9.17) is 4.74 Å². The van der Waals surface area contributed by atoms with Gasteiger partial charge in [-0.05, 0) is 35.5 Å². The minimum Gasteiger partial charge on any atom is -0.461 e. The molecule has 3 heteroatoms. The van der Waals surface area contributed by atoms with E-state index < -0.39 is 0 Å². The van der Waals surface area contributed by atoms with Crippen molar-refractivity contribution >= 4 is 5.97 Å². The molecule has 19 heavy (non-hydrogen) atoms. The Bertz CT molecular complexity index is 426. The molecule has 104 valence electrons. The Morgan fingerprint density at radius 3 is 3.00 bits per heavy atom. The van der Waals surface area contributed by atoms with Gasteiger partial charge in [-0.25, -0.2) is 4.79 Å². The van der Waals surface area contributed by atoms with Crippen molar-refractivity contribution in [2.45, 2.75) is 26.3 Å². The molecule has 3 saturated carbocycles. The van der Waals surface area contributed by atoms with Gasteiger partial charge in [-0.3, -0.25) is 0 Å². The lowest BCUT2D eigenvalue weighted by Gasteiger charge is -2.53. The van der Waals surface area contributed by atoms with E-state index in [1.54, 1.807) is 0 Å². The molecule has 2 bridgehead atoms. The zero-order valence-electron chi connectivity index (χ0n) is 11.8. The Balaban J connectivity index is 1.53. The van der Waals surface area contributed by atoms with Crippen molar-refractivity contribution < 1.29 is 9.53 Å². The maximum absolute atomic E-state index is 11.0. The average Bonchev–Trinajstić information content (AvgIpc) is 2.97. The summed E-state index contributed by atoms with van der Waals surface area (Å²) in [7, 11) is 0. The van der Waals surface area contributed by atoms with Gasteiger partial charge in [0.25, 0.3) is 0 Å². The third-order valence-corrected chi connectivity index (χ3v) is 5.52. The number of nitrogens with one attached hydrogen (secondary N) is 1. The molecule has 0 aromatic heterocycles. The molecule has 0 heterocycles. The summed E-state index contributed by atoms with van der Waals surface area (Å²) in [5.74, 6) is 2.80. The highest BCUT2D eigenvalue weighted by Crippen LogP contribution is 2.69. The van der Waals surface area contributed by atoms with Crippen LogP contribution in [0.15, 0.2) is 24.8 Å². The number of carbonyl (C=O) groups excluding carboxylic acids is 1. The molecule has 0 aromatic rings. The molecule has 1 N–H and O–H groups in total. The van der Waals surface area contributed by atoms with Crippen LogP contribution < -0.4 is 5.32 Å². The Labute approximate surface area is 115 Å². The second-order valence-electron chi connectivity index (χ2n) is 6.63. The normalized spacial score (nSPS) is 40.6. The van der Waals surface area contributed by atoms with Gasteiger partial charge >= 0.3 is 5.97 Å². The summed E-state index contributed by atoms with van der Waals surface area (Å²) in [5, 5.41) is 3.60. The molecule has 0 aliphatic heterocycles. The maximum Gasteiger partial charge on any atom is 0.330 e. The number of allylic oxidation sites excluding steroid dienone is 2. The van der Waals surface area contributed by atoms with Gasteiger partial charge in [-0.15, -0.1) is 0 Å². The van der Waals surface area contributed by atoms with Crippen molar-refractivity contribution in [3.63, 3.8) is 0 Å². The van der Waals surface area contributed by atoms with Crippen molar-refractivity contribution in [1.82, 2.24) is 5.32 Å². The molecule has 4 aliphatic rings. The zero-order valence-corrected chi connectivity index (χ0v) is 11.8. The maximum atomic E-state index is 11.0. The number of esters is 1. The van der Waals surface area contributed by atoms with Crippen LogP contribution >= 0.6 is 0 Å². The topological polar surface area (TPSA) is 38.3 Å². The first-order chi connectivity index (χ1) is 9.07. The molecule has 0 radical (unpaired) electrons. The minimum atomic E-state index is -0.335. The molecule has 4 rings (SSSR count). The molecule has 0 spiro atoms. The van der Waals surface area contributed by atoms with Crippen molar-refractivity contribution in [3.8, 4) is 0 Å². The SMILES string of the molecule is C=CC(=O)OCCNC1C2C3C=CCC3C1C2(C)C. The molecule has 3 nitrogen and oxygen atoms in total.